The highest BCUT2D eigenvalue weighted by Crippen LogP contribution is 2.28. The monoisotopic (exact) mass is 245 g/mol. The number of ketones is 1. The van der Waals surface area contributed by atoms with Crippen molar-refractivity contribution in [2.75, 3.05) is 0 Å². The van der Waals surface area contributed by atoms with Crippen LogP contribution in [0, 0.1) is 11.3 Å². The highest BCUT2D eigenvalue weighted by atomic mass is 35.5. The van der Waals surface area contributed by atoms with Crippen molar-refractivity contribution in [1.82, 2.24) is 0 Å². The van der Waals surface area contributed by atoms with Crippen molar-refractivity contribution < 1.29 is 18.3 Å². The van der Waals surface area contributed by atoms with E-state index in [2.05, 4.69) is 4.74 Å². The van der Waals surface area contributed by atoms with E-state index in [0.717, 1.165) is 12.1 Å². The minimum atomic E-state index is -3.06. The molecule has 0 saturated carbocycles. The second kappa shape index (κ2) is 4.90. The van der Waals surface area contributed by atoms with Gasteiger partial charge in [-0.2, -0.15) is 14.0 Å². The van der Waals surface area contributed by atoms with Crippen LogP contribution in [0.1, 0.15) is 22.8 Å². The number of benzene rings is 1. The number of Topliss-reactive ketones (excluding diaryl/α,β-unsaturated/α-hetero) is 1. The Morgan fingerprint density at radius 2 is 2.19 bits per heavy atom. The van der Waals surface area contributed by atoms with E-state index in [1.54, 1.807) is 6.07 Å². The summed E-state index contributed by atoms with van der Waals surface area (Å²) < 4.78 is 28.2. The van der Waals surface area contributed by atoms with Crippen LogP contribution in [-0.4, -0.2) is 12.4 Å². The molecule has 0 atom stereocenters. The minimum Gasteiger partial charge on any atom is -0.433 e. The van der Waals surface area contributed by atoms with Crippen molar-refractivity contribution >= 4 is 17.4 Å². The summed E-state index contributed by atoms with van der Waals surface area (Å²) >= 11 is 5.70. The number of hydrogen-bond acceptors (Lipinski definition) is 3. The van der Waals surface area contributed by atoms with Crippen LogP contribution in [0.25, 0.3) is 0 Å². The van der Waals surface area contributed by atoms with E-state index in [1.807, 2.05) is 0 Å². The van der Waals surface area contributed by atoms with Crippen LogP contribution in [-0.2, 0) is 0 Å². The Kier molecular flexibility index (Phi) is 3.80. The largest absolute Gasteiger partial charge is 0.433 e. The summed E-state index contributed by atoms with van der Waals surface area (Å²) in [5.41, 5.74) is -0.105. The molecule has 0 bridgehead atoms. The Hall–Kier alpha value is -1.67. The first kappa shape index (κ1) is 12.4. The van der Waals surface area contributed by atoms with E-state index < -0.39 is 12.4 Å². The predicted octanol–water partition coefficient (Wildman–Crippen LogP) is 3.02. The Morgan fingerprint density at radius 1 is 1.56 bits per heavy atom. The zero-order valence-corrected chi connectivity index (χ0v) is 8.89. The van der Waals surface area contributed by atoms with Crippen LogP contribution in [0.2, 0.25) is 5.02 Å². The van der Waals surface area contributed by atoms with Gasteiger partial charge in [0, 0.05) is 5.56 Å². The lowest BCUT2D eigenvalue weighted by Crippen LogP contribution is -2.05. The number of carbonyl (C=O) groups excluding carboxylic acids is 1. The van der Waals surface area contributed by atoms with Gasteiger partial charge in [-0.15, -0.1) is 0 Å². The minimum absolute atomic E-state index is 0.0330. The molecule has 1 aromatic carbocycles. The predicted molar refractivity (Wildman–Crippen MR) is 52.8 cm³/mol. The van der Waals surface area contributed by atoms with E-state index >= 15 is 0 Å². The number of carbonyl (C=O) groups is 1. The standard InChI is InChI=1S/C10H6ClF2NO2/c1-5(15)7-3-9(16-10(12)13)6(4-14)2-8(7)11/h2-3,10H,1H3. The zero-order chi connectivity index (χ0) is 12.3. The topological polar surface area (TPSA) is 50.1 Å². The summed E-state index contributed by atoms with van der Waals surface area (Å²) in [6.07, 6.45) is 0. The lowest BCUT2D eigenvalue weighted by molar-refractivity contribution is -0.0500. The highest BCUT2D eigenvalue weighted by Gasteiger charge is 2.15. The third-order valence-corrected chi connectivity index (χ3v) is 2.10. The van der Waals surface area contributed by atoms with Crippen molar-refractivity contribution in [2.45, 2.75) is 13.5 Å². The normalized spacial score (nSPS) is 10.0. The smallest absolute Gasteiger partial charge is 0.387 e. The lowest BCUT2D eigenvalue weighted by Gasteiger charge is -2.08. The molecule has 0 aliphatic carbocycles. The first-order valence-corrected chi connectivity index (χ1v) is 4.53. The number of hydrogen-bond donors (Lipinski definition) is 0. The Morgan fingerprint density at radius 3 is 2.62 bits per heavy atom. The number of halogens is 3. The van der Waals surface area contributed by atoms with Crippen molar-refractivity contribution in [3.05, 3.63) is 28.3 Å². The third-order valence-electron chi connectivity index (χ3n) is 1.79. The molecule has 0 fully saturated rings. The van der Waals surface area contributed by atoms with Gasteiger partial charge in [0.1, 0.15) is 11.8 Å². The molecule has 0 spiro atoms. The molecule has 0 aliphatic rings. The highest BCUT2D eigenvalue weighted by molar-refractivity contribution is 6.34. The maximum atomic E-state index is 12.0. The van der Waals surface area contributed by atoms with Gasteiger partial charge in [0.2, 0.25) is 0 Å². The van der Waals surface area contributed by atoms with Gasteiger partial charge in [-0.1, -0.05) is 11.6 Å². The quantitative estimate of drug-likeness (QED) is 0.769. The SMILES string of the molecule is CC(=O)c1cc(OC(F)F)c(C#N)cc1Cl. The van der Waals surface area contributed by atoms with Gasteiger partial charge in [0.25, 0.3) is 0 Å². The van der Waals surface area contributed by atoms with E-state index in [9.17, 15) is 13.6 Å². The van der Waals surface area contributed by atoms with Gasteiger partial charge in [-0.25, -0.2) is 0 Å². The molecular formula is C10H6ClF2NO2. The van der Waals surface area contributed by atoms with E-state index in [-0.39, 0.29) is 21.9 Å². The number of ether oxygens (including phenoxy) is 1. The molecular weight excluding hydrogens is 240 g/mol. The maximum Gasteiger partial charge on any atom is 0.387 e. The van der Waals surface area contributed by atoms with Crippen molar-refractivity contribution in [1.29, 1.82) is 5.26 Å². The zero-order valence-electron chi connectivity index (χ0n) is 8.13. The summed E-state index contributed by atoms with van der Waals surface area (Å²) in [5, 5.41) is 8.70. The van der Waals surface area contributed by atoms with Gasteiger partial charge >= 0.3 is 6.61 Å². The van der Waals surface area contributed by atoms with E-state index in [4.69, 9.17) is 16.9 Å². The van der Waals surface area contributed by atoms with E-state index in [1.165, 1.54) is 6.92 Å². The van der Waals surface area contributed by atoms with Crippen molar-refractivity contribution in [2.24, 2.45) is 0 Å². The summed E-state index contributed by atoms with van der Waals surface area (Å²) in [6, 6.07) is 3.81. The number of rotatable bonds is 3. The van der Waals surface area contributed by atoms with Crippen LogP contribution in [0.4, 0.5) is 8.78 Å². The number of nitriles is 1. The molecule has 84 valence electrons. The summed E-state index contributed by atoms with van der Waals surface area (Å²) in [4.78, 5) is 11.1. The molecule has 0 radical (unpaired) electrons. The van der Waals surface area contributed by atoms with Gasteiger partial charge in [-0.3, -0.25) is 4.79 Å². The average molecular weight is 246 g/mol. The molecule has 16 heavy (non-hydrogen) atoms. The molecule has 0 heterocycles. The van der Waals surface area contributed by atoms with Gasteiger partial charge in [-0.05, 0) is 19.1 Å². The fourth-order valence-electron chi connectivity index (χ4n) is 1.10. The average Bonchev–Trinajstić information content (AvgIpc) is 2.18. The molecule has 0 N–H and O–H groups in total. The second-order valence-electron chi connectivity index (χ2n) is 2.87. The van der Waals surface area contributed by atoms with Crippen LogP contribution in [0.15, 0.2) is 12.1 Å². The van der Waals surface area contributed by atoms with Crippen molar-refractivity contribution in [3.63, 3.8) is 0 Å². The van der Waals surface area contributed by atoms with Crippen LogP contribution in [0.3, 0.4) is 0 Å². The van der Waals surface area contributed by atoms with Gasteiger partial charge in [0.05, 0.1) is 10.6 Å². The molecule has 0 saturated heterocycles. The number of nitrogens with zero attached hydrogens (tertiary/aromatic N) is 1. The Bertz CT molecular complexity index is 469. The molecule has 1 rings (SSSR count). The molecule has 0 aromatic heterocycles. The maximum absolute atomic E-state index is 12.0. The molecule has 6 heteroatoms. The first-order chi connectivity index (χ1) is 7.45. The summed E-state index contributed by atoms with van der Waals surface area (Å²) in [7, 11) is 0. The van der Waals surface area contributed by atoms with Gasteiger partial charge in [0.15, 0.2) is 5.78 Å². The molecule has 0 aliphatic heterocycles. The number of alkyl halides is 2. The Balaban J connectivity index is 3.30. The molecule has 1 aromatic rings. The van der Waals surface area contributed by atoms with E-state index in [0.29, 0.717) is 0 Å². The lowest BCUT2D eigenvalue weighted by atomic mass is 10.1. The molecule has 0 amide bonds. The first-order valence-electron chi connectivity index (χ1n) is 4.15. The third kappa shape index (κ3) is 2.67. The van der Waals surface area contributed by atoms with Crippen LogP contribution < -0.4 is 4.74 Å². The Labute approximate surface area is 95.2 Å². The fourth-order valence-corrected chi connectivity index (χ4v) is 1.40. The second-order valence-corrected chi connectivity index (χ2v) is 3.28. The summed E-state index contributed by atoms with van der Waals surface area (Å²) in [6.45, 7) is -1.83. The van der Waals surface area contributed by atoms with Crippen LogP contribution in [0.5, 0.6) is 5.75 Å². The summed E-state index contributed by atoms with van der Waals surface area (Å²) in [5.74, 6) is -0.749. The van der Waals surface area contributed by atoms with Crippen LogP contribution >= 0.6 is 11.6 Å². The molecule has 3 nitrogen and oxygen atoms in total. The fraction of sp³-hybridized carbons (Fsp3) is 0.200. The van der Waals surface area contributed by atoms with Crippen molar-refractivity contribution in [3.8, 4) is 11.8 Å². The van der Waals surface area contributed by atoms with Gasteiger partial charge < -0.3 is 4.74 Å². The molecule has 0 unspecified atom stereocenters.